The van der Waals surface area contributed by atoms with E-state index < -0.39 is 6.10 Å². The van der Waals surface area contributed by atoms with Crippen LogP contribution in [0.1, 0.15) is 36.8 Å². The third kappa shape index (κ3) is 3.66. The van der Waals surface area contributed by atoms with Gasteiger partial charge in [-0.05, 0) is 27.2 Å². The zero-order valence-electron chi connectivity index (χ0n) is 9.91. The van der Waals surface area contributed by atoms with Crippen LogP contribution in [0.4, 0.5) is 0 Å². The minimum absolute atomic E-state index is 0.0686. The fourth-order valence-corrected chi connectivity index (χ4v) is 1.37. The average Bonchev–Trinajstić information content (AvgIpc) is 2.53. The fraction of sp³-hybridized carbons (Fsp3) is 0.636. The minimum atomic E-state index is -0.440. The monoisotopic (exact) mass is 226 g/mol. The number of aliphatic hydroxyl groups excluding tert-OH is 1. The first-order valence-corrected chi connectivity index (χ1v) is 5.37. The third-order valence-electron chi connectivity index (χ3n) is 2.43. The van der Waals surface area contributed by atoms with Crippen LogP contribution in [0.2, 0.25) is 0 Å². The van der Waals surface area contributed by atoms with Crippen molar-refractivity contribution in [3.63, 3.8) is 0 Å². The third-order valence-corrected chi connectivity index (χ3v) is 2.43. The van der Waals surface area contributed by atoms with Gasteiger partial charge >= 0.3 is 0 Å². The summed E-state index contributed by atoms with van der Waals surface area (Å²) in [5, 5.41) is 15.6. The largest absolute Gasteiger partial charge is 0.393 e. The van der Waals surface area contributed by atoms with Crippen molar-refractivity contribution in [2.75, 3.05) is 0 Å². The predicted octanol–water partition coefficient (Wildman–Crippen LogP) is 1.07. The van der Waals surface area contributed by atoms with Gasteiger partial charge < -0.3 is 14.9 Å². The highest BCUT2D eigenvalue weighted by Gasteiger charge is 2.10. The molecule has 90 valence electrons. The van der Waals surface area contributed by atoms with Crippen molar-refractivity contribution >= 4 is 5.91 Å². The van der Waals surface area contributed by atoms with Crippen LogP contribution in [-0.2, 0) is 11.3 Å². The molecule has 1 heterocycles. The summed E-state index contributed by atoms with van der Waals surface area (Å²) in [4.78, 5) is 11.4. The lowest BCUT2D eigenvalue weighted by atomic mass is 10.2. The van der Waals surface area contributed by atoms with Crippen molar-refractivity contribution in [1.29, 1.82) is 0 Å². The molecule has 0 saturated carbocycles. The van der Waals surface area contributed by atoms with Crippen molar-refractivity contribution < 1.29 is 14.4 Å². The second kappa shape index (κ2) is 5.65. The SMILES string of the molecule is Cc1noc(C)c1CNC(=O)CCC(C)O. The highest BCUT2D eigenvalue weighted by molar-refractivity contribution is 5.75. The number of nitrogens with zero attached hydrogens (tertiary/aromatic N) is 1. The molecule has 0 aromatic carbocycles. The maximum Gasteiger partial charge on any atom is 0.220 e. The summed E-state index contributed by atoms with van der Waals surface area (Å²) >= 11 is 0. The predicted molar refractivity (Wildman–Crippen MR) is 58.7 cm³/mol. The molecule has 1 unspecified atom stereocenters. The van der Waals surface area contributed by atoms with E-state index >= 15 is 0 Å². The van der Waals surface area contributed by atoms with E-state index in [2.05, 4.69) is 10.5 Å². The van der Waals surface area contributed by atoms with Crippen molar-refractivity contribution in [3.05, 3.63) is 17.0 Å². The molecule has 1 atom stereocenters. The number of nitrogens with one attached hydrogen (secondary N) is 1. The van der Waals surface area contributed by atoms with Gasteiger partial charge in [0.05, 0.1) is 11.8 Å². The molecule has 5 heteroatoms. The Morgan fingerprint density at radius 1 is 1.56 bits per heavy atom. The molecule has 0 aliphatic heterocycles. The molecule has 0 radical (unpaired) electrons. The Morgan fingerprint density at radius 2 is 2.25 bits per heavy atom. The Labute approximate surface area is 94.8 Å². The van der Waals surface area contributed by atoms with E-state index in [1.165, 1.54) is 0 Å². The van der Waals surface area contributed by atoms with E-state index in [1.54, 1.807) is 6.92 Å². The van der Waals surface area contributed by atoms with Crippen molar-refractivity contribution in [2.45, 2.75) is 46.3 Å². The second-order valence-corrected chi connectivity index (χ2v) is 3.97. The van der Waals surface area contributed by atoms with Crippen molar-refractivity contribution in [1.82, 2.24) is 10.5 Å². The Kier molecular flexibility index (Phi) is 4.49. The Bertz CT molecular complexity index is 339. The van der Waals surface area contributed by atoms with Gasteiger partial charge in [0.15, 0.2) is 0 Å². The van der Waals surface area contributed by atoms with Crippen LogP contribution in [0, 0.1) is 13.8 Å². The van der Waals surface area contributed by atoms with Crippen LogP contribution in [-0.4, -0.2) is 22.3 Å². The topological polar surface area (TPSA) is 75.4 Å². The molecule has 5 nitrogen and oxygen atoms in total. The van der Waals surface area contributed by atoms with Gasteiger partial charge in [-0.2, -0.15) is 0 Å². The quantitative estimate of drug-likeness (QED) is 0.787. The lowest BCUT2D eigenvalue weighted by molar-refractivity contribution is -0.121. The molecule has 1 aromatic rings. The number of hydrogen-bond acceptors (Lipinski definition) is 4. The molecule has 1 rings (SSSR count). The van der Waals surface area contributed by atoms with Gasteiger partial charge in [-0.1, -0.05) is 5.16 Å². The number of carbonyl (C=O) groups is 1. The summed E-state index contributed by atoms with van der Waals surface area (Å²) in [5.74, 6) is 0.661. The molecular weight excluding hydrogens is 208 g/mol. The number of hydrogen-bond donors (Lipinski definition) is 2. The van der Waals surface area contributed by atoms with Gasteiger partial charge in [-0.25, -0.2) is 0 Å². The molecule has 0 aliphatic carbocycles. The van der Waals surface area contributed by atoms with Crippen molar-refractivity contribution in [2.24, 2.45) is 0 Å². The van der Waals surface area contributed by atoms with Gasteiger partial charge in [-0.3, -0.25) is 4.79 Å². The molecule has 2 N–H and O–H groups in total. The van der Waals surface area contributed by atoms with Crippen LogP contribution >= 0.6 is 0 Å². The summed E-state index contributed by atoms with van der Waals surface area (Å²) in [7, 11) is 0. The highest BCUT2D eigenvalue weighted by Crippen LogP contribution is 2.11. The fourth-order valence-electron chi connectivity index (χ4n) is 1.37. The number of rotatable bonds is 5. The Morgan fingerprint density at radius 3 is 2.75 bits per heavy atom. The summed E-state index contributed by atoms with van der Waals surface area (Å²) in [5.41, 5.74) is 1.72. The van der Waals surface area contributed by atoms with Gasteiger partial charge in [-0.15, -0.1) is 0 Å². The zero-order chi connectivity index (χ0) is 12.1. The van der Waals surface area contributed by atoms with Crippen LogP contribution < -0.4 is 5.32 Å². The van der Waals surface area contributed by atoms with E-state index in [-0.39, 0.29) is 5.91 Å². The first-order chi connectivity index (χ1) is 7.50. The van der Waals surface area contributed by atoms with E-state index in [0.29, 0.717) is 19.4 Å². The van der Waals surface area contributed by atoms with Gasteiger partial charge in [0.25, 0.3) is 0 Å². The van der Waals surface area contributed by atoms with Gasteiger partial charge in [0, 0.05) is 18.5 Å². The van der Waals surface area contributed by atoms with E-state index in [1.807, 2.05) is 13.8 Å². The molecule has 0 fully saturated rings. The lowest BCUT2D eigenvalue weighted by Crippen LogP contribution is -2.24. The summed E-state index contributed by atoms with van der Waals surface area (Å²) < 4.78 is 4.98. The Hall–Kier alpha value is -1.36. The molecule has 0 aliphatic rings. The highest BCUT2D eigenvalue weighted by atomic mass is 16.5. The van der Waals surface area contributed by atoms with E-state index in [0.717, 1.165) is 17.0 Å². The molecule has 1 amide bonds. The maximum absolute atomic E-state index is 11.4. The van der Waals surface area contributed by atoms with E-state index in [9.17, 15) is 4.79 Å². The van der Waals surface area contributed by atoms with Crippen LogP contribution in [0.25, 0.3) is 0 Å². The lowest BCUT2D eigenvalue weighted by Gasteiger charge is -2.06. The summed E-state index contributed by atoms with van der Waals surface area (Å²) in [6.07, 6.45) is 0.374. The van der Waals surface area contributed by atoms with Crippen LogP contribution in [0.5, 0.6) is 0 Å². The number of aliphatic hydroxyl groups is 1. The number of aryl methyl sites for hydroxylation is 2. The molecule has 0 spiro atoms. The van der Waals surface area contributed by atoms with Gasteiger partial charge in [0.1, 0.15) is 5.76 Å². The van der Waals surface area contributed by atoms with Crippen molar-refractivity contribution in [3.8, 4) is 0 Å². The van der Waals surface area contributed by atoms with Crippen LogP contribution in [0.3, 0.4) is 0 Å². The number of amides is 1. The smallest absolute Gasteiger partial charge is 0.220 e. The maximum atomic E-state index is 11.4. The summed E-state index contributed by atoms with van der Waals surface area (Å²) in [6, 6.07) is 0. The number of aromatic nitrogens is 1. The standard InChI is InChI=1S/C11H18N2O3/c1-7(14)4-5-11(15)12-6-10-8(2)13-16-9(10)3/h7,14H,4-6H2,1-3H3,(H,12,15). The molecule has 0 bridgehead atoms. The zero-order valence-corrected chi connectivity index (χ0v) is 9.91. The minimum Gasteiger partial charge on any atom is -0.393 e. The van der Waals surface area contributed by atoms with E-state index in [4.69, 9.17) is 9.63 Å². The molecule has 0 saturated heterocycles. The second-order valence-electron chi connectivity index (χ2n) is 3.97. The molecular formula is C11H18N2O3. The molecule has 16 heavy (non-hydrogen) atoms. The van der Waals surface area contributed by atoms with Gasteiger partial charge in [0.2, 0.25) is 5.91 Å². The summed E-state index contributed by atoms with van der Waals surface area (Å²) in [6.45, 7) is 5.76. The number of carbonyl (C=O) groups excluding carboxylic acids is 1. The van der Waals surface area contributed by atoms with Crippen LogP contribution in [0.15, 0.2) is 4.52 Å². The Balaban J connectivity index is 2.37. The molecule has 1 aromatic heterocycles. The average molecular weight is 226 g/mol. The first-order valence-electron chi connectivity index (χ1n) is 5.37. The first kappa shape index (κ1) is 12.7. The normalized spacial score (nSPS) is 12.5.